The fraction of sp³-hybridized carbons (Fsp3) is 0.250. The van der Waals surface area contributed by atoms with Crippen LogP contribution >= 0.6 is 0 Å². The first kappa shape index (κ1) is 10.1. The molecule has 0 heterocycles. The average Bonchev–Trinajstić information content (AvgIpc) is 2.07. The summed E-state index contributed by atoms with van der Waals surface area (Å²) in [5.41, 5.74) is 0.174. The summed E-state index contributed by atoms with van der Waals surface area (Å²) in [5.74, 6) is 0. The van der Waals surface area contributed by atoms with Crippen molar-refractivity contribution < 1.29 is 9.85 Å². The number of nitrogens with zero attached hydrogens (tertiary/aromatic N) is 2. The lowest BCUT2D eigenvalue weighted by Gasteiger charge is -2.00. The molecule has 74 valence electrons. The number of nitro groups is 2. The highest BCUT2D eigenvalue weighted by molar-refractivity contribution is 5.55. The Morgan fingerprint density at radius 1 is 1.00 bits per heavy atom. The maximum Gasteiger partial charge on any atom is 0.279 e. The van der Waals surface area contributed by atoms with Crippen LogP contribution in [0.3, 0.4) is 0 Å². The first-order valence-corrected chi connectivity index (χ1v) is 3.83. The average molecular weight is 196 g/mol. The van der Waals surface area contributed by atoms with Gasteiger partial charge in [-0.1, -0.05) is 0 Å². The lowest BCUT2D eigenvalue weighted by molar-refractivity contribution is -0.395. The molecule has 0 bridgehead atoms. The monoisotopic (exact) mass is 196 g/mol. The smallest absolute Gasteiger partial charge is 0.258 e. The topological polar surface area (TPSA) is 86.3 Å². The molecule has 6 nitrogen and oxygen atoms in total. The zero-order valence-electron chi connectivity index (χ0n) is 7.68. The third kappa shape index (κ3) is 1.68. The van der Waals surface area contributed by atoms with Crippen LogP contribution in [0.1, 0.15) is 11.1 Å². The van der Waals surface area contributed by atoms with Crippen LogP contribution in [0.2, 0.25) is 0 Å². The van der Waals surface area contributed by atoms with Gasteiger partial charge in [-0.3, -0.25) is 20.2 Å². The van der Waals surface area contributed by atoms with Crippen molar-refractivity contribution in [3.8, 4) is 0 Å². The van der Waals surface area contributed by atoms with E-state index in [1.54, 1.807) is 6.92 Å². The molecule has 0 amide bonds. The van der Waals surface area contributed by atoms with E-state index in [1.165, 1.54) is 19.1 Å². The lowest BCUT2D eigenvalue weighted by Crippen LogP contribution is -1.98. The van der Waals surface area contributed by atoms with Crippen LogP contribution in [-0.4, -0.2) is 9.85 Å². The van der Waals surface area contributed by atoms with Gasteiger partial charge in [0.15, 0.2) is 0 Å². The number of hydrogen-bond acceptors (Lipinski definition) is 4. The lowest BCUT2D eigenvalue weighted by atomic mass is 10.1. The molecule has 0 fully saturated rings. The van der Waals surface area contributed by atoms with E-state index in [4.69, 9.17) is 0 Å². The Morgan fingerprint density at radius 2 is 1.36 bits per heavy atom. The highest BCUT2D eigenvalue weighted by Gasteiger charge is 2.21. The van der Waals surface area contributed by atoms with Crippen LogP contribution in [-0.2, 0) is 0 Å². The summed E-state index contributed by atoms with van der Waals surface area (Å²) in [4.78, 5) is 19.8. The maximum absolute atomic E-state index is 10.5. The summed E-state index contributed by atoms with van der Waals surface area (Å²) in [6, 6.07) is 2.64. The predicted octanol–water partition coefficient (Wildman–Crippen LogP) is 2.12. The molecule has 0 atom stereocenters. The highest BCUT2D eigenvalue weighted by atomic mass is 16.6. The highest BCUT2D eigenvalue weighted by Crippen LogP contribution is 2.28. The summed E-state index contributed by atoms with van der Waals surface area (Å²) < 4.78 is 0. The molecule has 0 aromatic heterocycles. The van der Waals surface area contributed by atoms with E-state index in [0.29, 0.717) is 5.56 Å². The van der Waals surface area contributed by atoms with Crippen LogP contribution in [0.4, 0.5) is 11.4 Å². The van der Waals surface area contributed by atoms with Gasteiger partial charge < -0.3 is 0 Å². The number of rotatable bonds is 2. The Morgan fingerprint density at radius 3 is 1.64 bits per heavy atom. The first-order valence-electron chi connectivity index (χ1n) is 3.83. The standard InChI is InChI=1S/C8H8N2O4/c1-5-3-7(9(11)12)6(2)8(4-5)10(13)14/h3-4H,1-2H3. The van der Waals surface area contributed by atoms with Crippen molar-refractivity contribution in [2.75, 3.05) is 0 Å². The number of aryl methyl sites for hydroxylation is 1. The molecule has 0 aliphatic carbocycles. The minimum Gasteiger partial charge on any atom is -0.258 e. The summed E-state index contributed by atoms with van der Waals surface area (Å²) in [6.07, 6.45) is 0. The Bertz CT molecular complexity index is 379. The summed E-state index contributed by atoms with van der Waals surface area (Å²) in [5, 5.41) is 21.1. The third-order valence-electron chi connectivity index (χ3n) is 1.89. The molecule has 1 aromatic rings. The Kier molecular flexibility index (Phi) is 2.46. The van der Waals surface area contributed by atoms with E-state index in [0.717, 1.165) is 0 Å². The fourth-order valence-corrected chi connectivity index (χ4v) is 1.20. The molecule has 0 spiro atoms. The van der Waals surface area contributed by atoms with Gasteiger partial charge in [0.1, 0.15) is 5.56 Å². The molecule has 0 aliphatic rings. The minimum absolute atomic E-state index is 0.0885. The molecule has 6 heteroatoms. The number of hydrogen-bond donors (Lipinski definition) is 0. The molecule has 0 saturated carbocycles. The second kappa shape index (κ2) is 3.41. The summed E-state index contributed by atoms with van der Waals surface area (Å²) >= 11 is 0. The largest absolute Gasteiger partial charge is 0.279 e. The molecule has 1 rings (SSSR count). The SMILES string of the molecule is Cc1cc([N+](=O)[O-])c(C)c([N+](=O)[O-])c1. The molecule has 14 heavy (non-hydrogen) atoms. The van der Waals surface area contributed by atoms with Gasteiger partial charge in [0.05, 0.1) is 9.85 Å². The van der Waals surface area contributed by atoms with Crippen molar-refractivity contribution in [1.29, 1.82) is 0 Å². The zero-order chi connectivity index (χ0) is 10.9. The molecule has 0 saturated heterocycles. The van der Waals surface area contributed by atoms with E-state index in [-0.39, 0.29) is 16.9 Å². The fourth-order valence-electron chi connectivity index (χ4n) is 1.20. The molecule has 0 aliphatic heterocycles. The number of nitro benzene ring substituents is 2. The molecular formula is C8H8N2O4. The molecule has 0 radical (unpaired) electrons. The molecule has 0 N–H and O–H groups in total. The van der Waals surface area contributed by atoms with Gasteiger partial charge in [0.25, 0.3) is 11.4 Å². The Labute approximate surface area is 79.5 Å². The van der Waals surface area contributed by atoms with Crippen LogP contribution < -0.4 is 0 Å². The normalized spacial score (nSPS) is 9.86. The zero-order valence-corrected chi connectivity index (χ0v) is 7.68. The Balaban J connectivity index is 3.47. The Hall–Kier alpha value is -1.98. The van der Waals surface area contributed by atoms with E-state index in [1.807, 2.05) is 0 Å². The van der Waals surface area contributed by atoms with Crippen molar-refractivity contribution in [3.05, 3.63) is 43.5 Å². The van der Waals surface area contributed by atoms with Crippen LogP contribution in [0, 0.1) is 34.1 Å². The van der Waals surface area contributed by atoms with Crippen molar-refractivity contribution in [1.82, 2.24) is 0 Å². The third-order valence-corrected chi connectivity index (χ3v) is 1.89. The quantitative estimate of drug-likeness (QED) is 0.535. The van der Waals surface area contributed by atoms with Crippen LogP contribution in [0.25, 0.3) is 0 Å². The van der Waals surface area contributed by atoms with Crippen molar-refractivity contribution in [3.63, 3.8) is 0 Å². The minimum atomic E-state index is -0.616. The number of benzene rings is 1. The first-order chi connectivity index (χ1) is 6.43. The maximum atomic E-state index is 10.5. The molecular weight excluding hydrogens is 188 g/mol. The van der Waals surface area contributed by atoms with E-state index >= 15 is 0 Å². The van der Waals surface area contributed by atoms with Crippen molar-refractivity contribution in [2.24, 2.45) is 0 Å². The van der Waals surface area contributed by atoms with Gasteiger partial charge >= 0.3 is 0 Å². The van der Waals surface area contributed by atoms with Crippen molar-refractivity contribution in [2.45, 2.75) is 13.8 Å². The van der Waals surface area contributed by atoms with Gasteiger partial charge in [-0.15, -0.1) is 0 Å². The van der Waals surface area contributed by atoms with Gasteiger partial charge in [-0.05, 0) is 19.4 Å². The second-order valence-corrected chi connectivity index (χ2v) is 2.94. The van der Waals surface area contributed by atoms with E-state index < -0.39 is 9.85 Å². The van der Waals surface area contributed by atoms with Crippen LogP contribution in [0.15, 0.2) is 12.1 Å². The molecule has 1 aromatic carbocycles. The van der Waals surface area contributed by atoms with E-state index in [2.05, 4.69) is 0 Å². The van der Waals surface area contributed by atoms with E-state index in [9.17, 15) is 20.2 Å². The summed E-state index contributed by atoms with van der Waals surface area (Å²) in [7, 11) is 0. The molecule has 0 unspecified atom stereocenters. The second-order valence-electron chi connectivity index (χ2n) is 2.94. The van der Waals surface area contributed by atoms with Gasteiger partial charge in [-0.2, -0.15) is 0 Å². The van der Waals surface area contributed by atoms with Crippen molar-refractivity contribution >= 4 is 11.4 Å². The van der Waals surface area contributed by atoms with Crippen LogP contribution in [0.5, 0.6) is 0 Å². The summed E-state index contributed by atoms with van der Waals surface area (Å²) in [6.45, 7) is 2.95. The van der Waals surface area contributed by atoms with Gasteiger partial charge in [0, 0.05) is 12.1 Å². The van der Waals surface area contributed by atoms with Gasteiger partial charge in [0.2, 0.25) is 0 Å². The van der Waals surface area contributed by atoms with Gasteiger partial charge in [-0.25, -0.2) is 0 Å². The predicted molar refractivity (Wildman–Crippen MR) is 49.2 cm³/mol.